The van der Waals surface area contributed by atoms with Crippen LogP contribution in [-0.4, -0.2) is 68.7 Å². The molecule has 2 aliphatic rings. The highest BCUT2D eigenvalue weighted by Gasteiger charge is 2.32. The first-order valence-electron chi connectivity index (χ1n) is 10.3. The molecule has 3 aromatic rings. The van der Waals surface area contributed by atoms with E-state index in [0.717, 1.165) is 60.8 Å². The third-order valence-corrected chi connectivity index (χ3v) is 7.22. The minimum atomic E-state index is -0.219. The second kappa shape index (κ2) is 6.72. The van der Waals surface area contributed by atoms with E-state index in [-0.39, 0.29) is 17.3 Å². The lowest BCUT2D eigenvalue weighted by Crippen LogP contribution is -3.14. The van der Waals surface area contributed by atoms with E-state index in [2.05, 4.69) is 25.9 Å². The molecule has 0 bridgehead atoms. The Bertz CT molecular complexity index is 1110. The molecule has 9 heteroatoms. The number of quaternary nitrogens is 1. The number of carbonyl (C=O) groups excluding carboxylic acids is 1. The number of aryl methyl sites for hydroxylation is 1. The van der Waals surface area contributed by atoms with Gasteiger partial charge in [-0.1, -0.05) is 0 Å². The summed E-state index contributed by atoms with van der Waals surface area (Å²) in [6.07, 6.45) is 0.806. The molecule has 1 N–H and O–H groups in total. The number of rotatable bonds is 2. The van der Waals surface area contributed by atoms with Crippen LogP contribution in [0.25, 0.3) is 15.9 Å². The normalized spacial score (nSPS) is 19.8. The highest BCUT2D eigenvalue weighted by molar-refractivity contribution is 7.19. The molecule has 3 aromatic heterocycles. The van der Waals surface area contributed by atoms with Gasteiger partial charge in [0.1, 0.15) is 10.7 Å². The number of amides is 1. The summed E-state index contributed by atoms with van der Waals surface area (Å²) in [5.41, 5.74) is 1.76. The van der Waals surface area contributed by atoms with E-state index in [1.807, 2.05) is 11.8 Å². The standard InChI is InChI=1S/C20H26N6O2S/c1-5-24-6-8-25(9-7-24)19(27)16-22-17-15-13-10-20(3,4)28-11-14(13)29-18(15)21-12(2)26(17)23-16/h5-11H2,1-4H3/p+1. The van der Waals surface area contributed by atoms with Crippen LogP contribution in [0.2, 0.25) is 0 Å². The van der Waals surface area contributed by atoms with Crippen LogP contribution in [0.5, 0.6) is 0 Å². The van der Waals surface area contributed by atoms with Gasteiger partial charge in [0.2, 0.25) is 5.82 Å². The first kappa shape index (κ1) is 18.9. The number of nitrogens with zero attached hydrogens (tertiary/aromatic N) is 5. The Morgan fingerprint density at radius 3 is 2.76 bits per heavy atom. The first-order valence-corrected chi connectivity index (χ1v) is 11.1. The molecule has 1 saturated heterocycles. The van der Waals surface area contributed by atoms with Crippen LogP contribution >= 0.6 is 11.3 Å². The van der Waals surface area contributed by atoms with Crippen molar-refractivity contribution in [3.8, 4) is 0 Å². The summed E-state index contributed by atoms with van der Waals surface area (Å²) in [7, 11) is 0. The number of ether oxygens (including phenoxy) is 1. The first-order chi connectivity index (χ1) is 13.9. The Morgan fingerprint density at radius 1 is 1.28 bits per heavy atom. The topological polar surface area (TPSA) is 77.1 Å². The van der Waals surface area contributed by atoms with E-state index >= 15 is 0 Å². The number of fused-ring (bicyclic) bond motifs is 5. The summed E-state index contributed by atoms with van der Waals surface area (Å²) < 4.78 is 7.72. The molecule has 1 fully saturated rings. The summed E-state index contributed by atoms with van der Waals surface area (Å²) in [6, 6.07) is 0. The summed E-state index contributed by atoms with van der Waals surface area (Å²) in [5, 5.41) is 5.59. The van der Waals surface area contributed by atoms with Gasteiger partial charge in [-0.25, -0.2) is 9.97 Å². The number of hydrogen-bond donors (Lipinski definition) is 1. The lowest BCUT2D eigenvalue weighted by Gasteiger charge is -2.30. The van der Waals surface area contributed by atoms with Crippen molar-refractivity contribution in [3.05, 3.63) is 22.1 Å². The van der Waals surface area contributed by atoms with E-state index in [9.17, 15) is 4.79 Å². The highest BCUT2D eigenvalue weighted by atomic mass is 32.1. The molecule has 0 saturated carbocycles. The maximum absolute atomic E-state index is 13.1. The fourth-order valence-corrected chi connectivity index (χ4v) is 5.50. The number of thiophene rings is 1. The summed E-state index contributed by atoms with van der Waals surface area (Å²) >= 11 is 1.66. The third kappa shape index (κ3) is 3.12. The van der Waals surface area contributed by atoms with Crippen LogP contribution < -0.4 is 4.90 Å². The molecule has 0 spiro atoms. The lowest BCUT2D eigenvalue weighted by molar-refractivity contribution is -0.902. The summed E-state index contributed by atoms with van der Waals surface area (Å²) in [4.78, 5) is 28.1. The molecule has 0 atom stereocenters. The summed E-state index contributed by atoms with van der Waals surface area (Å²) in [6.45, 7) is 13.5. The van der Waals surface area contributed by atoms with Gasteiger partial charge < -0.3 is 14.5 Å². The number of hydrogen-bond acceptors (Lipinski definition) is 6. The minimum Gasteiger partial charge on any atom is -0.370 e. The van der Waals surface area contributed by atoms with Crippen LogP contribution in [-0.2, 0) is 17.8 Å². The van der Waals surface area contributed by atoms with Gasteiger partial charge in [0.05, 0.1) is 50.3 Å². The molecule has 5 rings (SSSR count). The molecule has 0 aromatic carbocycles. The highest BCUT2D eigenvalue weighted by Crippen LogP contribution is 2.39. The molecule has 29 heavy (non-hydrogen) atoms. The smallest absolute Gasteiger partial charge is 0.293 e. The van der Waals surface area contributed by atoms with E-state index in [4.69, 9.17) is 14.7 Å². The van der Waals surface area contributed by atoms with Crippen LogP contribution in [0.1, 0.15) is 47.7 Å². The number of carbonyl (C=O) groups is 1. The van der Waals surface area contributed by atoms with Crippen LogP contribution in [0.15, 0.2) is 0 Å². The van der Waals surface area contributed by atoms with Crippen molar-refractivity contribution in [3.63, 3.8) is 0 Å². The predicted octanol–water partition coefficient (Wildman–Crippen LogP) is 0.859. The Balaban J connectivity index is 1.58. The van der Waals surface area contributed by atoms with Gasteiger partial charge >= 0.3 is 0 Å². The second-order valence-electron chi connectivity index (χ2n) is 8.63. The van der Waals surface area contributed by atoms with Gasteiger partial charge in [-0.3, -0.25) is 4.79 Å². The molecule has 0 unspecified atom stereocenters. The van der Waals surface area contributed by atoms with Gasteiger partial charge in [0, 0.05) is 11.3 Å². The van der Waals surface area contributed by atoms with Gasteiger partial charge in [-0.05, 0) is 33.3 Å². The third-order valence-electron chi connectivity index (χ3n) is 6.12. The van der Waals surface area contributed by atoms with Gasteiger partial charge in [0.25, 0.3) is 5.91 Å². The fraction of sp³-hybridized carbons (Fsp3) is 0.600. The largest absolute Gasteiger partial charge is 0.370 e. The molecule has 2 aliphatic heterocycles. The maximum Gasteiger partial charge on any atom is 0.293 e. The van der Waals surface area contributed by atoms with E-state index in [0.29, 0.717) is 6.61 Å². The predicted molar refractivity (Wildman–Crippen MR) is 111 cm³/mol. The zero-order valence-electron chi connectivity index (χ0n) is 17.4. The molecule has 1 amide bonds. The van der Waals surface area contributed by atoms with E-state index < -0.39 is 0 Å². The van der Waals surface area contributed by atoms with Crippen LogP contribution in [0.3, 0.4) is 0 Å². The van der Waals surface area contributed by atoms with Crippen molar-refractivity contribution in [1.82, 2.24) is 24.5 Å². The van der Waals surface area contributed by atoms with Crippen molar-refractivity contribution >= 4 is 33.1 Å². The number of likely N-dealkylation sites (N-methyl/N-ethyl adjacent to an activating group) is 1. The minimum absolute atomic E-state index is 0.0795. The molecular weight excluding hydrogens is 388 g/mol. The molecule has 5 heterocycles. The Morgan fingerprint density at radius 2 is 2.03 bits per heavy atom. The zero-order valence-corrected chi connectivity index (χ0v) is 18.2. The molecule has 0 radical (unpaired) electrons. The Kier molecular flexibility index (Phi) is 4.38. The average Bonchev–Trinajstić information content (AvgIpc) is 3.28. The van der Waals surface area contributed by atoms with Crippen LogP contribution in [0.4, 0.5) is 0 Å². The lowest BCUT2D eigenvalue weighted by atomic mass is 9.94. The number of piperazine rings is 1. The van der Waals surface area contributed by atoms with Crippen LogP contribution in [0, 0.1) is 6.92 Å². The van der Waals surface area contributed by atoms with Gasteiger partial charge in [0.15, 0.2) is 5.65 Å². The van der Waals surface area contributed by atoms with Gasteiger partial charge in [-0.2, -0.15) is 4.52 Å². The quantitative estimate of drug-likeness (QED) is 0.672. The Labute approximate surface area is 173 Å². The van der Waals surface area contributed by atoms with Crippen molar-refractivity contribution < 1.29 is 14.4 Å². The average molecular weight is 416 g/mol. The van der Waals surface area contributed by atoms with Crippen molar-refractivity contribution in [2.75, 3.05) is 32.7 Å². The SMILES string of the molecule is CC[NH+]1CCN(C(=O)c2nc3c4c5c(sc4nc(C)n3n2)COC(C)(C)C5)CC1. The van der Waals surface area contributed by atoms with E-state index in [1.54, 1.807) is 15.9 Å². The molecule has 154 valence electrons. The summed E-state index contributed by atoms with van der Waals surface area (Å²) in [5.74, 6) is 0.941. The number of nitrogens with one attached hydrogen (secondary N) is 1. The molecular formula is C20H27N6O2S+. The van der Waals surface area contributed by atoms with E-state index in [1.165, 1.54) is 15.3 Å². The number of aromatic nitrogens is 4. The Hall–Kier alpha value is -2.10. The van der Waals surface area contributed by atoms with Gasteiger partial charge in [-0.15, -0.1) is 16.4 Å². The second-order valence-corrected chi connectivity index (χ2v) is 9.72. The monoisotopic (exact) mass is 415 g/mol. The maximum atomic E-state index is 13.1. The zero-order chi connectivity index (χ0) is 20.3. The molecule has 8 nitrogen and oxygen atoms in total. The van der Waals surface area contributed by atoms with Crippen molar-refractivity contribution in [2.45, 2.75) is 46.3 Å². The van der Waals surface area contributed by atoms with Crippen molar-refractivity contribution in [2.24, 2.45) is 0 Å². The fourth-order valence-electron chi connectivity index (χ4n) is 4.35. The van der Waals surface area contributed by atoms with Crippen molar-refractivity contribution in [1.29, 1.82) is 0 Å². The molecule has 0 aliphatic carbocycles.